The Morgan fingerprint density at radius 2 is 2.38 bits per heavy atom. The van der Waals surface area contributed by atoms with E-state index in [0.29, 0.717) is 6.04 Å². The Bertz CT molecular complexity index is 293. The summed E-state index contributed by atoms with van der Waals surface area (Å²) in [6.45, 7) is 7.94. The number of hydrogen-bond donors (Lipinski definition) is 1. The summed E-state index contributed by atoms with van der Waals surface area (Å²) < 4.78 is 0. The smallest absolute Gasteiger partial charge is 0.0331 e. The summed E-state index contributed by atoms with van der Waals surface area (Å²) >= 11 is 1.86. The zero-order valence-electron chi connectivity index (χ0n) is 10.3. The number of likely N-dealkylation sites (N-methyl/N-ethyl adjacent to an activating group) is 1. The normalized spacial score (nSPS) is 17.9. The van der Waals surface area contributed by atoms with Crippen molar-refractivity contribution in [2.45, 2.75) is 45.3 Å². The van der Waals surface area contributed by atoms with Crippen LogP contribution in [0.2, 0.25) is 0 Å². The van der Waals surface area contributed by atoms with Gasteiger partial charge in [-0.1, -0.05) is 13.0 Å². The molecule has 0 bridgehead atoms. The fourth-order valence-electron chi connectivity index (χ4n) is 1.94. The van der Waals surface area contributed by atoms with Gasteiger partial charge in [0.15, 0.2) is 0 Å². The highest BCUT2D eigenvalue weighted by atomic mass is 32.1. The molecule has 0 spiro atoms. The van der Waals surface area contributed by atoms with Gasteiger partial charge >= 0.3 is 0 Å². The second-order valence-corrected chi connectivity index (χ2v) is 5.71. The van der Waals surface area contributed by atoms with Crippen LogP contribution in [0.5, 0.6) is 0 Å². The quantitative estimate of drug-likeness (QED) is 0.786. The van der Waals surface area contributed by atoms with Crippen LogP contribution >= 0.6 is 11.3 Å². The Labute approximate surface area is 103 Å². The van der Waals surface area contributed by atoms with Crippen molar-refractivity contribution in [1.29, 1.82) is 0 Å². The van der Waals surface area contributed by atoms with Crippen molar-refractivity contribution >= 4 is 11.3 Å². The largest absolute Gasteiger partial charge is 0.312 e. The van der Waals surface area contributed by atoms with Gasteiger partial charge in [0.1, 0.15) is 0 Å². The maximum atomic E-state index is 3.61. The lowest BCUT2D eigenvalue weighted by molar-refractivity contribution is 0.207. The minimum Gasteiger partial charge on any atom is -0.312 e. The predicted octanol–water partition coefficient (Wildman–Crippen LogP) is 2.71. The monoisotopic (exact) mass is 238 g/mol. The molecule has 1 saturated carbocycles. The lowest BCUT2D eigenvalue weighted by atomic mass is 10.2. The van der Waals surface area contributed by atoms with Crippen molar-refractivity contribution in [2.24, 2.45) is 0 Å². The zero-order chi connectivity index (χ0) is 11.4. The molecule has 1 fully saturated rings. The van der Waals surface area contributed by atoms with Crippen LogP contribution in [0.15, 0.2) is 17.5 Å². The van der Waals surface area contributed by atoms with Gasteiger partial charge in [-0.3, -0.25) is 4.90 Å². The van der Waals surface area contributed by atoms with Gasteiger partial charge in [0, 0.05) is 30.1 Å². The Morgan fingerprint density at radius 3 is 2.94 bits per heavy atom. The molecule has 1 N–H and O–H groups in total. The van der Waals surface area contributed by atoms with Crippen LogP contribution in [-0.4, -0.2) is 30.1 Å². The molecule has 3 heteroatoms. The second-order valence-electron chi connectivity index (χ2n) is 4.67. The SMILES string of the molecule is CCN(Cc1cccs1)C(C)CNC1CC1. The van der Waals surface area contributed by atoms with Crippen LogP contribution in [0.1, 0.15) is 31.6 Å². The lowest BCUT2D eigenvalue weighted by Crippen LogP contribution is -2.40. The standard InChI is InChI=1S/C13H22N2S/c1-3-15(10-13-5-4-8-16-13)11(2)9-14-12-6-7-12/h4-5,8,11-12,14H,3,6-7,9-10H2,1-2H3. The first kappa shape index (κ1) is 12.1. The summed E-state index contributed by atoms with van der Waals surface area (Å²) in [4.78, 5) is 4.02. The van der Waals surface area contributed by atoms with Crippen molar-refractivity contribution in [3.8, 4) is 0 Å². The Kier molecular flexibility index (Phi) is 4.38. The van der Waals surface area contributed by atoms with E-state index in [0.717, 1.165) is 25.7 Å². The Balaban J connectivity index is 1.77. The van der Waals surface area contributed by atoms with Gasteiger partial charge in [-0.05, 0) is 37.8 Å². The Morgan fingerprint density at radius 1 is 1.56 bits per heavy atom. The molecule has 0 aromatic carbocycles. The summed E-state index contributed by atoms with van der Waals surface area (Å²) in [6, 6.07) is 5.82. The Hall–Kier alpha value is -0.380. The first-order valence-electron chi connectivity index (χ1n) is 6.29. The molecule has 90 valence electrons. The van der Waals surface area contributed by atoms with Crippen LogP contribution < -0.4 is 5.32 Å². The van der Waals surface area contributed by atoms with Crippen molar-refractivity contribution in [3.63, 3.8) is 0 Å². The molecule has 16 heavy (non-hydrogen) atoms. The molecule has 1 heterocycles. The van der Waals surface area contributed by atoms with Gasteiger partial charge in [0.25, 0.3) is 0 Å². The first-order valence-corrected chi connectivity index (χ1v) is 7.17. The van der Waals surface area contributed by atoms with Crippen molar-refractivity contribution in [2.75, 3.05) is 13.1 Å². The van der Waals surface area contributed by atoms with E-state index in [1.165, 1.54) is 17.7 Å². The number of nitrogens with zero attached hydrogens (tertiary/aromatic N) is 1. The van der Waals surface area contributed by atoms with Gasteiger partial charge < -0.3 is 5.32 Å². The van der Waals surface area contributed by atoms with E-state index in [2.05, 4.69) is 41.6 Å². The maximum absolute atomic E-state index is 3.61. The molecule has 0 saturated heterocycles. The third-order valence-electron chi connectivity index (χ3n) is 3.25. The molecule has 2 nitrogen and oxygen atoms in total. The van der Waals surface area contributed by atoms with E-state index < -0.39 is 0 Å². The minimum absolute atomic E-state index is 0.632. The van der Waals surface area contributed by atoms with Gasteiger partial charge in [0.2, 0.25) is 0 Å². The van der Waals surface area contributed by atoms with E-state index in [1.54, 1.807) is 0 Å². The van der Waals surface area contributed by atoms with Gasteiger partial charge in [-0.2, -0.15) is 0 Å². The molecule has 1 aliphatic carbocycles. The van der Waals surface area contributed by atoms with Crippen molar-refractivity contribution in [3.05, 3.63) is 22.4 Å². The minimum atomic E-state index is 0.632. The molecular weight excluding hydrogens is 216 g/mol. The van der Waals surface area contributed by atoms with E-state index in [4.69, 9.17) is 0 Å². The summed E-state index contributed by atoms with van der Waals surface area (Å²) in [5.74, 6) is 0. The van der Waals surface area contributed by atoms with Crippen LogP contribution in [0.25, 0.3) is 0 Å². The van der Waals surface area contributed by atoms with Crippen LogP contribution in [0.4, 0.5) is 0 Å². The summed E-state index contributed by atoms with van der Waals surface area (Å²) in [5.41, 5.74) is 0. The van der Waals surface area contributed by atoms with E-state index in [1.807, 2.05) is 11.3 Å². The van der Waals surface area contributed by atoms with E-state index in [9.17, 15) is 0 Å². The van der Waals surface area contributed by atoms with Crippen molar-refractivity contribution < 1.29 is 0 Å². The highest BCUT2D eigenvalue weighted by molar-refractivity contribution is 7.09. The molecule has 1 aromatic rings. The molecule has 0 aliphatic heterocycles. The van der Waals surface area contributed by atoms with Gasteiger partial charge in [-0.25, -0.2) is 0 Å². The molecular formula is C13H22N2S. The fourth-order valence-corrected chi connectivity index (χ4v) is 2.67. The van der Waals surface area contributed by atoms with Crippen LogP contribution in [-0.2, 0) is 6.54 Å². The predicted molar refractivity (Wildman–Crippen MR) is 70.9 cm³/mol. The average Bonchev–Trinajstić information content (AvgIpc) is 2.99. The second kappa shape index (κ2) is 5.80. The van der Waals surface area contributed by atoms with Crippen LogP contribution in [0, 0.1) is 0 Å². The summed E-state index contributed by atoms with van der Waals surface area (Å²) in [6.07, 6.45) is 2.76. The highest BCUT2D eigenvalue weighted by Gasteiger charge is 2.22. The summed E-state index contributed by atoms with van der Waals surface area (Å²) in [7, 11) is 0. The third kappa shape index (κ3) is 3.58. The molecule has 2 rings (SSSR count). The fraction of sp³-hybridized carbons (Fsp3) is 0.692. The number of rotatable bonds is 7. The topological polar surface area (TPSA) is 15.3 Å². The molecule has 0 amide bonds. The third-order valence-corrected chi connectivity index (χ3v) is 4.11. The maximum Gasteiger partial charge on any atom is 0.0331 e. The zero-order valence-corrected chi connectivity index (χ0v) is 11.1. The van der Waals surface area contributed by atoms with Crippen molar-refractivity contribution in [1.82, 2.24) is 10.2 Å². The number of hydrogen-bond acceptors (Lipinski definition) is 3. The van der Waals surface area contributed by atoms with Crippen LogP contribution in [0.3, 0.4) is 0 Å². The number of nitrogens with one attached hydrogen (secondary N) is 1. The first-order chi connectivity index (χ1) is 7.79. The summed E-state index contributed by atoms with van der Waals surface area (Å²) in [5, 5.41) is 5.78. The molecule has 1 aromatic heterocycles. The molecule has 1 atom stereocenters. The van der Waals surface area contributed by atoms with E-state index >= 15 is 0 Å². The average molecular weight is 238 g/mol. The molecule has 0 radical (unpaired) electrons. The van der Waals surface area contributed by atoms with Gasteiger partial charge in [-0.15, -0.1) is 11.3 Å². The number of thiophene rings is 1. The van der Waals surface area contributed by atoms with Gasteiger partial charge in [0.05, 0.1) is 0 Å². The molecule has 1 unspecified atom stereocenters. The lowest BCUT2D eigenvalue weighted by Gasteiger charge is -2.27. The highest BCUT2D eigenvalue weighted by Crippen LogP contribution is 2.19. The molecule has 1 aliphatic rings. The van der Waals surface area contributed by atoms with E-state index in [-0.39, 0.29) is 0 Å².